The van der Waals surface area contributed by atoms with Crippen LogP contribution in [0.2, 0.25) is 0 Å². The van der Waals surface area contributed by atoms with E-state index in [2.05, 4.69) is 15.1 Å². The summed E-state index contributed by atoms with van der Waals surface area (Å²) in [6.07, 6.45) is -4.78. The Balaban J connectivity index is 1.70. The SMILES string of the molecule is O=c1c2ccccc2nc(-c2ccccc2F)n1NCc1ccc(OC(F)(F)F)cc1. The number of benzene rings is 3. The van der Waals surface area contributed by atoms with E-state index in [4.69, 9.17) is 0 Å². The summed E-state index contributed by atoms with van der Waals surface area (Å²) in [5.74, 6) is -0.819. The van der Waals surface area contributed by atoms with E-state index in [0.717, 1.165) is 4.68 Å². The summed E-state index contributed by atoms with van der Waals surface area (Å²) < 4.78 is 56.4. The van der Waals surface area contributed by atoms with Crippen molar-refractivity contribution >= 4 is 10.9 Å². The fourth-order valence-corrected chi connectivity index (χ4v) is 3.08. The fourth-order valence-electron chi connectivity index (χ4n) is 3.08. The van der Waals surface area contributed by atoms with Crippen molar-refractivity contribution in [3.63, 3.8) is 0 Å². The number of nitrogens with one attached hydrogen (secondary N) is 1. The van der Waals surface area contributed by atoms with Crippen LogP contribution in [0.15, 0.2) is 77.6 Å². The van der Waals surface area contributed by atoms with Gasteiger partial charge in [-0.15, -0.1) is 13.2 Å². The summed E-state index contributed by atoms with van der Waals surface area (Å²) in [5, 5.41) is 0.337. The molecule has 31 heavy (non-hydrogen) atoms. The molecule has 158 valence electrons. The van der Waals surface area contributed by atoms with Gasteiger partial charge in [-0.1, -0.05) is 36.4 Å². The van der Waals surface area contributed by atoms with E-state index in [9.17, 15) is 22.4 Å². The lowest BCUT2D eigenvalue weighted by atomic mass is 10.1. The van der Waals surface area contributed by atoms with E-state index in [-0.39, 0.29) is 23.7 Å². The minimum Gasteiger partial charge on any atom is -0.406 e. The molecule has 5 nitrogen and oxygen atoms in total. The Kier molecular flexibility index (Phi) is 5.33. The number of hydrogen-bond acceptors (Lipinski definition) is 4. The molecule has 0 saturated carbocycles. The van der Waals surface area contributed by atoms with Gasteiger partial charge in [0.25, 0.3) is 5.56 Å². The quantitative estimate of drug-likeness (QED) is 0.461. The molecule has 9 heteroatoms. The van der Waals surface area contributed by atoms with Crippen molar-refractivity contribution in [3.8, 4) is 17.1 Å². The Morgan fingerprint density at radius 3 is 2.32 bits per heavy atom. The van der Waals surface area contributed by atoms with E-state index < -0.39 is 17.7 Å². The van der Waals surface area contributed by atoms with Crippen LogP contribution in [0.1, 0.15) is 5.56 Å². The maximum atomic E-state index is 14.4. The van der Waals surface area contributed by atoms with Crippen LogP contribution in [0, 0.1) is 5.82 Å². The number of fused-ring (bicyclic) bond motifs is 1. The number of ether oxygens (including phenoxy) is 1. The standard InChI is InChI=1S/C22H15F4N3O2/c23-18-7-3-1-5-16(18)20-28-19-8-4-2-6-17(19)21(30)29(20)27-13-14-9-11-15(12-10-14)31-22(24,25)26/h1-12,27H,13H2. The molecule has 0 fully saturated rings. The molecular weight excluding hydrogens is 414 g/mol. The largest absolute Gasteiger partial charge is 0.573 e. The molecule has 0 bridgehead atoms. The first-order valence-corrected chi connectivity index (χ1v) is 9.17. The van der Waals surface area contributed by atoms with Crippen LogP contribution >= 0.6 is 0 Å². The molecule has 1 heterocycles. The number of nitrogens with zero attached hydrogens (tertiary/aromatic N) is 2. The van der Waals surface area contributed by atoms with Gasteiger partial charge in [-0.2, -0.15) is 0 Å². The lowest BCUT2D eigenvalue weighted by Gasteiger charge is -2.16. The Bertz CT molecular complexity index is 1280. The summed E-state index contributed by atoms with van der Waals surface area (Å²) in [5.41, 5.74) is 3.59. The molecule has 0 unspecified atom stereocenters. The van der Waals surface area contributed by atoms with Gasteiger partial charge in [0.15, 0.2) is 5.82 Å². The molecule has 4 aromatic rings. The maximum Gasteiger partial charge on any atom is 0.573 e. The Labute approximate surface area is 173 Å². The first-order chi connectivity index (χ1) is 14.8. The number of rotatable bonds is 5. The highest BCUT2D eigenvalue weighted by atomic mass is 19.4. The molecule has 0 saturated heterocycles. The lowest BCUT2D eigenvalue weighted by molar-refractivity contribution is -0.274. The van der Waals surface area contributed by atoms with Crippen molar-refractivity contribution in [2.45, 2.75) is 12.9 Å². The van der Waals surface area contributed by atoms with Crippen LogP contribution in [0.3, 0.4) is 0 Å². The molecule has 1 aromatic heterocycles. The molecule has 0 atom stereocenters. The Morgan fingerprint density at radius 2 is 1.61 bits per heavy atom. The summed E-state index contributed by atoms with van der Waals surface area (Å²) in [4.78, 5) is 17.5. The van der Waals surface area contributed by atoms with Gasteiger partial charge < -0.3 is 10.2 Å². The normalized spacial score (nSPS) is 11.5. The number of hydrogen-bond donors (Lipinski definition) is 1. The summed E-state index contributed by atoms with van der Waals surface area (Å²) in [7, 11) is 0. The molecule has 0 radical (unpaired) electrons. The molecular formula is C22H15F4N3O2. The van der Waals surface area contributed by atoms with Gasteiger partial charge in [-0.25, -0.2) is 14.1 Å². The van der Waals surface area contributed by atoms with Crippen LogP contribution in [-0.4, -0.2) is 16.0 Å². The van der Waals surface area contributed by atoms with Crippen LogP contribution in [-0.2, 0) is 6.54 Å². The second-order valence-electron chi connectivity index (χ2n) is 6.60. The van der Waals surface area contributed by atoms with E-state index >= 15 is 0 Å². The fraction of sp³-hybridized carbons (Fsp3) is 0.0909. The van der Waals surface area contributed by atoms with Gasteiger partial charge in [0, 0.05) is 0 Å². The molecule has 0 amide bonds. The van der Waals surface area contributed by atoms with Gasteiger partial charge in [0.05, 0.1) is 23.0 Å². The number of para-hydroxylation sites is 1. The van der Waals surface area contributed by atoms with Crippen molar-refractivity contribution in [3.05, 3.63) is 94.5 Å². The van der Waals surface area contributed by atoms with Gasteiger partial charge >= 0.3 is 6.36 Å². The highest BCUT2D eigenvalue weighted by Gasteiger charge is 2.30. The molecule has 4 rings (SSSR count). The van der Waals surface area contributed by atoms with Gasteiger partial charge in [0.2, 0.25) is 0 Å². The van der Waals surface area contributed by atoms with Crippen LogP contribution < -0.4 is 15.7 Å². The highest BCUT2D eigenvalue weighted by Crippen LogP contribution is 2.24. The average molecular weight is 429 g/mol. The topological polar surface area (TPSA) is 56.2 Å². The zero-order chi connectivity index (χ0) is 22.0. The molecule has 0 aliphatic carbocycles. The predicted octanol–water partition coefficient (Wildman–Crippen LogP) is 4.84. The first-order valence-electron chi connectivity index (χ1n) is 9.17. The van der Waals surface area contributed by atoms with Crippen molar-refractivity contribution in [1.82, 2.24) is 9.66 Å². The molecule has 0 aliphatic rings. The van der Waals surface area contributed by atoms with Gasteiger partial charge in [-0.3, -0.25) is 4.79 Å². The zero-order valence-corrected chi connectivity index (χ0v) is 15.9. The summed E-state index contributed by atoms with van der Waals surface area (Å²) in [6.45, 7) is 0.0771. The molecule has 1 N–H and O–H groups in total. The summed E-state index contributed by atoms with van der Waals surface area (Å²) in [6, 6.07) is 17.8. The first kappa shape index (κ1) is 20.4. The minimum absolute atomic E-state index is 0.0771. The third kappa shape index (κ3) is 4.50. The third-order valence-electron chi connectivity index (χ3n) is 4.49. The zero-order valence-electron chi connectivity index (χ0n) is 15.9. The number of alkyl halides is 3. The monoisotopic (exact) mass is 429 g/mol. The van der Waals surface area contributed by atoms with E-state index in [0.29, 0.717) is 16.5 Å². The van der Waals surface area contributed by atoms with Gasteiger partial charge in [-0.05, 0) is 42.0 Å². The third-order valence-corrected chi connectivity index (χ3v) is 4.49. The van der Waals surface area contributed by atoms with Crippen molar-refractivity contribution < 1.29 is 22.3 Å². The van der Waals surface area contributed by atoms with Gasteiger partial charge in [0.1, 0.15) is 11.6 Å². The van der Waals surface area contributed by atoms with Crippen LogP contribution in [0.4, 0.5) is 17.6 Å². The van der Waals surface area contributed by atoms with E-state index in [1.807, 2.05) is 0 Å². The van der Waals surface area contributed by atoms with Crippen molar-refractivity contribution in [1.29, 1.82) is 0 Å². The Hall–Kier alpha value is -3.88. The number of aromatic nitrogens is 2. The second-order valence-corrected chi connectivity index (χ2v) is 6.60. The molecule has 0 spiro atoms. The lowest BCUT2D eigenvalue weighted by Crippen LogP contribution is -2.31. The predicted molar refractivity (Wildman–Crippen MR) is 108 cm³/mol. The van der Waals surface area contributed by atoms with Crippen LogP contribution in [0.5, 0.6) is 5.75 Å². The maximum absolute atomic E-state index is 14.4. The summed E-state index contributed by atoms with van der Waals surface area (Å²) >= 11 is 0. The van der Waals surface area contributed by atoms with Crippen molar-refractivity contribution in [2.24, 2.45) is 0 Å². The smallest absolute Gasteiger partial charge is 0.406 e. The van der Waals surface area contributed by atoms with E-state index in [1.165, 1.54) is 42.5 Å². The second kappa shape index (κ2) is 8.10. The highest BCUT2D eigenvalue weighted by molar-refractivity contribution is 5.79. The van der Waals surface area contributed by atoms with Crippen LogP contribution in [0.25, 0.3) is 22.3 Å². The Morgan fingerprint density at radius 1 is 0.935 bits per heavy atom. The van der Waals surface area contributed by atoms with E-state index in [1.54, 1.807) is 30.3 Å². The minimum atomic E-state index is -4.78. The number of halogens is 4. The van der Waals surface area contributed by atoms with Crippen molar-refractivity contribution in [2.75, 3.05) is 5.43 Å². The molecule has 3 aromatic carbocycles. The average Bonchev–Trinajstić information content (AvgIpc) is 2.73. The molecule has 0 aliphatic heterocycles.